The number of primary amides is 1. The van der Waals surface area contributed by atoms with Crippen molar-refractivity contribution in [3.63, 3.8) is 0 Å². The van der Waals surface area contributed by atoms with E-state index in [0.717, 1.165) is 25.9 Å². The van der Waals surface area contributed by atoms with Crippen molar-refractivity contribution in [3.05, 3.63) is 0 Å². The van der Waals surface area contributed by atoms with Crippen LogP contribution in [0.2, 0.25) is 0 Å². The van der Waals surface area contributed by atoms with Gasteiger partial charge in [-0.2, -0.15) is 0 Å². The summed E-state index contributed by atoms with van der Waals surface area (Å²) in [6.45, 7) is 1.66. The number of nitrogens with two attached hydrogens (primary N) is 1. The Labute approximate surface area is 112 Å². The fourth-order valence-electron chi connectivity index (χ4n) is 2.11. The molecular weight excluding hydrogens is 250 g/mol. The van der Waals surface area contributed by atoms with Crippen LogP contribution in [-0.2, 0) is 14.4 Å². The normalized spacial score (nSPS) is 16.3. The van der Waals surface area contributed by atoms with E-state index in [1.807, 2.05) is 0 Å². The van der Waals surface area contributed by atoms with Gasteiger partial charge in [-0.3, -0.25) is 14.4 Å². The molecule has 108 valence electrons. The van der Waals surface area contributed by atoms with Gasteiger partial charge in [-0.15, -0.1) is 0 Å². The molecule has 1 atom stereocenters. The first-order valence-corrected chi connectivity index (χ1v) is 6.53. The maximum atomic E-state index is 12.2. The van der Waals surface area contributed by atoms with E-state index >= 15 is 0 Å². The highest BCUT2D eigenvalue weighted by atomic mass is 16.4. The van der Waals surface area contributed by atoms with Crippen LogP contribution in [0, 0.1) is 0 Å². The highest BCUT2D eigenvalue weighted by molar-refractivity contribution is 5.83. The fourth-order valence-corrected chi connectivity index (χ4v) is 2.11. The van der Waals surface area contributed by atoms with Crippen LogP contribution in [0.5, 0.6) is 0 Å². The Morgan fingerprint density at radius 3 is 2.37 bits per heavy atom. The van der Waals surface area contributed by atoms with Crippen LogP contribution >= 0.6 is 0 Å². The number of rotatable bonds is 8. The molecule has 0 unspecified atom stereocenters. The molecule has 7 nitrogen and oxygen atoms in total. The van der Waals surface area contributed by atoms with Gasteiger partial charge in [0.15, 0.2) is 0 Å². The summed E-state index contributed by atoms with van der Waals surface area (Å²) in [7, 11) is 0. The molecule has 0 radical (unpaired) electrons. The first-order chi connectivity index (χ1) is 9.00. The lowest BCUT2D eigenvalue weighted by molar-refractivity contribution is -0.138. The number of aliphatic carboxylic acids is 1. The van der Waals surface area contributed by atoms with Gasteiger partial charge in [0.25, 0.3) is 0 Å². The Hall–Kier alpha value is -1.63. The van der Waals surface area contributed by atoms with E-state index in [1.165, 1.54) is 0 Å². The Balaban J connectivity index is 2.48. The number of hydrogen-bond donors (Lipinski definition) is 3. The van der Waals surface area contributed by atoms with Crippen LogP contribution in [-0.4, -0.2) is 53.5 Å². The number of nitrogens with one attached hydrogen (secondary N) is 1. The molecule has 1 saturated heterocycles. The van der Waals surface area contributed by atoms with Crippen molar-refractivity contribution in [2.24, 2.45) is 5.73 Å². The van der Waals surface area contributed by atoms with E-state index in [0.29, 0.717) is 6.42 Å². The lowest BCUT2D eigenvalue weighted by Gasteiger charge is -2.23. The van der Waals surface area contributed by atoms with E-state index in [-0.39, 0.29) is 25.3 Å². The van der Waals surface area contributed by atoms with Gasteiger partial charge in [-0.25, -0.2) is 0 Å². The van der Waals surface area contributed by atoms with Crippen molar-refractivity contribution in [2.45, 2.75) is 38.1 Å². The topological polar surface area (TPSA) is 113 Å². The van der Waals surface area contributed by atoms with Crippen LogP contribution in [0.1, 0.15) is 32.1 Å². The minimum absolute atomic E-state index is 0.0552. The molecule has 2 amide bonds. The Morgan fingerprint density at radius 1 is 1.21 bits per heavy atom. The van der Waals surface area contributed by atoms with Crippen molar-refractivity contribution in [2.75, 3.05) is 19.6 Å². The minimum Gasteiger partial charge on any atom is -0.481 e. The number of carbonyl (C=O) groups is 3. The molecule has 4 N–H and O–H groups in total. The number of hydrogen-bond acceptors (Lipinski definition) is 4. The number of carbonyl (C=O) groups excluding carboxylic acids is 2. The summed E-state index contributed by atoms with van der Waals surface area (Å²) in [4.78, 5) is 35.2. The van der Waals surface area contributed by atoms with Gasteiger partial charge in [-0.1, -0.05) is 0 Å². The van der Waals surface area contributed by atoms with Gasteiger partial charge in [0, 0.05) is 26.1 Å². The van der Waals surface area contributed by atoms with E-state index in [9.17, 15) is 14.4 Å². The summed E-state index contributed by atoms with van der Waals surface area (Å²) >= 11 is 0. The zero-order valence-corrected chi connectivity index (χ0v) is 10.9. The quantitative estimate of drug-likeness (QED) is 0.540. The first-order valence-electron chi connectivity index (χ1n) is 6.53. The van der Waals surface area contributed by atoms with Crippen LogP contribution in [0.3, 0.4) is 0 Å². The summed E-state index contributed by atoms with van der Waals surface area (Å²) in [5.41, 5.74) is 5.09. The maximum absolute atomic E-state index is 12.2. The fraction of sp³-hybridized carbons (Fsp3) is 0.750. The highest BCUT2D eigenvalue weighted by Crippen LogP contribution is 2.11. The summed E-state index contributed by atoms with van der Waals surface area (Å²) in [6.07, 6.45) is 2.35. The SMILES string of the molecule is NC(=O)CC[C@H](NCCC(=O)O)C(=O)N1CCCC1. The first kappa shape index (κ1) is 15.4. The predicted octanol–water partition coefficient (Wildman–Crippen LogP) is -0.693. The van der Waals surface area contributed by atoms with E-state index < -0.39 is 17.9 Å². The summed E-state index contributed by atoms with van der Waals surface area (Å²) in [5, 5.41) is 11.5. The molecule has 1 rings (SSSR count). The van der Waals surface area contributed by atoms with Gasteiger partial charge in [0.2, 0.25) is 11.8 Å². The van der Waals surface area contributed by atoms with Crippen LogP contribution < -0.4 is 11.1 Å². The van der Waals surface area contributed by atoms with Crippen molar-refractivity contribution in [3.8, 4) is 0 Å². The molecule has 1 aliphatic heterocycles. The van der Waals surface area contributed by atoms with Crippen LogP contribution in [0.25, 0.3) is 0 Å². The average Bonchev–Trinajstić information content (AvgIpc) is 2.85. The molecule has 19 heavy (non-hydrogen) atoms. The molecular formula is C12H21N3O4. The molecule has 1 aliphatic rings. The molecule has 1 fully saturated rings. The minimum atomic E-state index is -0.922. The second-order valence-corrected chi connectivity index (χ2v) is 4.69. The molecule has 7 heteroatoms. The van der Waals surface area contributed by atoms with Crippen LogP contribution in [0.4, 0.5) is 0 Å². The lowest BCUT2D eigenvalue weighted by Crippen LogP contribution is -2.46. The number of amides is 2. The predicted molar refractivity (Wildman–Crippen MR) is 68.3 cm³/mol. The average molecular weight is 271 g/mol. The third-order valence-electron chi connectivity index (χ3n) is 3.12. The third kappa shape index (κ3) is 5.69. The summed E-state index contributed by atoms with van der Waals surface area (Å²) < 4.78 is 0. The third-order valence-corrected chi connectivity index (χ3v) is 3.12. The van der Waals surface area contributed by atoms with Gasteiger partial charge < -0.3 is 21.1 Å². The summed E-state index contributed by atoms with van der Waals surface area (Å²) in [5.74, 6) is -1.45. The van der Waals surface area contributed by atoms with E-state index in [4.69, 9.17) is 10.8 Å². The second-order valence-electron chi connectivity index (χ2n) is 4.69. The number of nitrogens with zero attached hydrogens (tertiary/aromatic N) is 1. The summed E-state index contributed by atoms with van der Waals surface area (Å²) in [6, 6.07) is -0.523. The second kappa shape index (κ2) is 7.73. The zero-order chi connectivity index (χ0) is 14.3. The number of carboxylic acids is 1. The molecule has 0 spiro atoms. The Kier molecular flexibility index (Phi) is 6.27. The molecule has 0 saturated carbocycles. The Morgan fingerprint density at radius 2 is 1.84 bits per heavy atom. The molecule has 0 aromatic heterocycles. The smallest absolute Gasteiger partial charge is 0.304 e. The highest BCUT2D eigenvalue weighted by Gasteiger charge is 2.26. The number of carboxylic acid groups (broad SMARTS) is 1. The van der Waals surface area contributed by atoms with Crippen molar-refractivity contribution in [1.82, 2.24) is 10.2 Å². The van der Waals surface area contributed by atoms with E-state index in [2.05, 4.69) is 5.32 Å². The monoisotopic (exact) mass is 271 g/mol. The largest absolute Gasteiger partial charge is 0.481 e. The van der Waals surface area contributed by atoms with Crippen molar-refractivity contribution >= 4 is 17.8 Å². The maximum Gasteiger partial charge on any atom is 0.304 e. The van der Waals surface area contributed by atoms with Crippen molar-refractivity contribution < 1.29 is 19.5 Å². The van der Waals surface area contributed by atoms with Gasteiger partial charge in [0.1, 0.15) is 0 Å². The van der Waals surface area contributed by atoms with E-state index in [1.54, 1.807) is 4.90 Å². The molecule has 0 bridgehead atoms. The standard InChI is InChI=1S/C12H21N3O4/c13-10(16)4-3-9(14-6-5-11(17)18)12(19)15-7-1-2-8-15/h9,14H,1-8H2,(H2,13,16)(H,17,18)/t9-/m0/s1. The zero-order valence-electron chi connectivity index (χ0n) is 10.9. The molecule has 0 aliphatic carbocycles. The van der Waals surface area contributed by atoms with Crippen LogP contribution in [0.15, 0.2) is 0 Å². The van der Waals surface area contributed by atoms with Crippen molar-refractivity contribution in [1.29, 1.82) is 0 Å². The lowest BCUT2D eigenvalue weighted by atomic mass is 10.1. The molecule has 0 aromatic rings. The molecule has 0 aromatic carbocycles. The van der Waals surface area contributed by atoms with Gasteiger partial charge in [-0.05, 0) is 19.3 Å². The number of likely N-dealkylation sites (tertiary alicyclic amines) is 1. The Bertz CT molecular complexity index is 340. The van der Waals surface area contributed by atoms with Gasteiger partial charge >= 0.3 is 5.97 Å². The van der Waals surface area contributed by atoms with Gasteiger partial charge in [0.05, 0.1) is 12.5 Å². The molecule has 1 heterocycles.